The van der Waals surface area contributed by atoms with Gasteiger partial charge in [0, 0.05) is 28.7 Å². The number of carbonyl (C=O) groups excluding carboxylic acids is 2. The molecule has 148 valence electrons. The molecule has 1 fully saturated rings. The molecule has 1 saturated heterocycles. The Bertz CT molecular complexity index is 1110. The first kappa shape index (κ1) is 18.9. The lowest BCUT2D eigenvalue weighted by Gasteiger charge is -2.12. The molecule has 0 radical (unpaired) electrons. The molecule has 0 unspecified atom stereocenters. The van der Waals surface area contributed by atoms with Crippen molar-refractivity contribution < 1.29 is 14.0 Å². The number of nitrogens with one attached hydrogen (secondary N) is 1. The Morgan fingerprint density at radius 3 is 2.55 bits per heavy atom. The van der Waals surface area contributed by atoms with Crippen LogP contribution in [0.4, 0.5) is 9.18 Å². The van der Waals surface area contributed by atoms with Crippen LogP contribution in [0.2, 0.25) is 0 Å². The molecule has 2 heterocycles. The summed E-state index contributed by atoms with van der Waals surface area (Å²) in [5, 5.41) is 3.69. The molecule has 3 aromatic rings. The first-order valence-electron chi connectivity index (χ1n) is 9.66. The average Bonchev–Trinajstić information content (AvgIpc) is 3.22. The van der Waals surface area contributed by atoms with E-state index in [4.69, 9.17) is 0 Å². The molecule has 1 aromatic heterocycles. The summed E-state index contributed by atoms with van der Waals surface area (Å²) in [5.41, 5.74) is 2.90. The fraction of sp³-hybridized carbons (Fsp3) is 0.217. The zero-order valence-corrected chi connectivity index (χ0v) is 16.4. The normalized spacial score (nSPS) is 16.7. The van der Waals surface area contributed by atoms with Crippen LogP contribution in [-0.4, -0.2) is 21.4 Å². The molecule has 0 aliphatic carbocycles. The van der Waals surface area contributed by atoms with E-state index in [0.29, 0.717) is 11.6 Å². The number of para-hydroxylation sites is 1. The van der Waals surface area contributed by atoms with E-state index in [1.165, 1.54) is 12.1 Å². The summed E-state index contributed by atoms with van der Waals surface area (Å²) < 4.78 is 15.3. The number of amides is 3. The minimum atomic E-state index is -0.476. The molecule has 1 aliphatic heterocycles. The molecule has 1 aliphatic rings. The smallest absolute Gasteiger partial charge is 0.329 e. The highest BCUT2D eigenvalue weighted by Crippen LogP contribution is 2.28. The van der Waals surface area contributed by atoms with Crippen molar-refractivity contribution >= 4 is 28.9 Å². The van der Waals surface area contributed by atoms with Crippen LogP contribution >= 0.6 is 0 Å². The number of halogens is 1. The van der Waals surface area contributed by atoms with Crippen molar-refractivity contribution in [3.8, 4) is 0 Å². The highest BCUT2D eigenvalue weighted by molar-refractivity contribution is 6.14. The van der Waals surface area contributed by atoms with E-state index in [-0.39, 0.29) is 24.0 Å². The topological polar surface area (TPSA) is 54.3 Å². The van der Waals surface area contributed by atoms with E-state index in [1.54, 1.807) is 18.2 Å². The standard InChI is InChI=1S/C23H22FN3O2/c1-3-15(2)26-14-17(19-6-4-5-7-21(19)26)12-20-22(28)27(23(29)25-20)13-16-8-10-18(24)11-9-16/h4-12,14-15H,3,13H2,1-2H3,(H,25,29)/b20-12-/t15-/m0/s1. The lowest BCUT2D eigenvalue weighted by atomic mass is 10.1. The molecule has 5 nitrogen and oxygen atoms in total. The molecule has 2 aromatic carbocycles. The maximum atomic E-state index is 13.1. The Morgan fingerprint density at radius 2 is 1.83 bits per heavy atom. The minimum absolute atomic E-state index is 0.0942. The van der Waals surface area contributed by atoms with Crippen molar-refractivity contribution in [3.63, 3.8) is 0 Å². The minimum Gasteiger partial charge on any atom is -0.344 e. The van der Waals surface area contributed by atoms with Crippen molar-refractivity contribution in [1.82, 2.24) is 14.8 Å². The van der Waals surface area contributed by atoms with Crippen molar-refractivity contribution in [2.24, 2.45) is 0 Å². The summed E-state index contributed by atoms with van der Waals surface area (Å²) in [7, 11) is 0. The Morgan fingerprint density at radius 1 is 1.10 bits per heavy atom. The monoisotopic (exact) mass is 391 g/mol. The zero-order chi connectivity index (χ0) is 20.5. The van der Waals surface area contributed by atoms with E-state index in [2.05, 4.69) is 29.8 Å². The molecule has 29 heavy (non-hydrogen) atoms. The number of fused-ring (bicyclic) bond motifs is 1. The average molecular weight is 391 g/mol. The molecule has 0 saturated carbocycles. The van der Waals surface area contributed by atoms with Crippen LogP contribution in [0.3, 0.4) is 0 Å². The van der Waals surface area contributed by atoms with Crippen molar-refractivity contribution in [2.45, 2.75) is 32.9 Å². The summed E-state index contributed by atoms with van der Waals surface area (Å²) in [6.07, 6.45) is 4.73. The molecule has 6 heteroatoms. The van der Waals surface area contributed by atoms with Crippen LogP contribution in [0.1, 0.15) is 37.4 Å². The molecule has 0 spiro atoms. The van der Waals surface area contributed by atoms with E-state index >= 15 is 0 Å². The number of hydrogen-bond acceptors (Lipinski definition) is 2. The number of benzene rings is 2. The largest absolute Gasteiger partial charge is 0.344 e. The zero-order valence-electron chi connectivity index (χ0n) is 16.4. The SMILES string of the molecule is CC[C@H](C)n1cc(/C=C2\NC(=O)N(Cc3ccc(F)cc3)C2=O)c2ccccc21. The third-order valence-corrected chi connectivity index (χ3v) is 5.35. The number of imide groups is 1. The van der Waals surface area contributed by atoms with E-state index in [9.17, 15) is 14.0 Å². The molecule has 1 N–H and O–H groups in total. The molecule has 3 amide bonds. The van der Waals surface area contributed by atoms with Gasteiger partial charge in [-0.05, 0) is 43.2 Å². The summed E-state index contributed by atoms with van der Waals surface area (Å²) in [5.74, 6) is -0.746. The Balaban J connectivity index is 1.66. The van der Waals surface area contributed by atoms with Gasteiger partial charge in [0.05, 0.1) is 6.54 Å². The number of aromatic nitrogens is 1. The van der Waals surface area contributed by atoms with Gasteiger partial charge in [-0.15, -0.1) is 0 Å². The highest BCUT2D eigenvalue weighted by atomic mass is 19.1. The summed E-state index contributed by atoms with van der Waals surface area (Å²) in [4.78, 5) is 26.3. The van der Waals surface area contributed by atoms with Crippen molar-refractivity contribution in [3.05, 3.63) is 77.4 Å². The maximum Gasteiger partial charge on any atom is 0.329 e. The van der Waals surface area contributed by atoms with Gasteiger partial charge in [0.25, 0.3) is 5.91 Å². The fourth-order valence-electron chi connectivity index (χ4n) is 3.55. The second kappa shape index (κ2) is 7.54. The van der Waals surface area contributed by atoms with E-state index in [0.717, 1.165) is 27.8 Å². The van der Waals surface area contributed by atoms with Gasteiger partial charge in [-0.25, -0.2) is 9.18 Å². The van der Waals surface area contributed by atoms with Crippen LogP contribution in [0.25, 0.3) is 17.0 Å². The van der Waals surface area contributed by atoms with Gasteiger partial charge < -0.3 is 9.88 Å². The number of rotatable bonds is 5. The molecule has 1 atom stereocenters. The third-order valence-electron chi connectivity index (χ3n) is 5.35. The first-order chi connectivity index (χ1) is 14.0. The van der Waals surface area contributed by atoms with Crippen LogP contribution in [0.15, 0.2) is 60.4 Å². The van der Waals surface area contributed by atoms with Gasteiger partial charge in [0.1, 0.15) is 11.5 Å². The number of nitrogens with zero attached hydrogens (tertiary/aromatic N) is 2. The predicted molar refractivity (Wildman–Crippen MR) is 110 cm³/mol. The van der Waals surface area contributed by atoms with Crippen LogP contribution in [0.5, 0.6) is 0 Å². The predicted octanol–water partition coefficient (Wildman–Crippen LogP) is 4.84. The van der Waals surface area contributed by atoms with E-state index in [1.807, 2.05) is 24.4 Å². The van der Waals surface area contributed by atoms with Crippen LogP contribution in [-0.2, 0) is 11.3 Å². The summed E-state index contributed by atoms with van der Waals surface area (Å²) in [6, 6.07) is 13.6. The highest BCUT2D eigenvalue weighted by Gasteiger charge is 2.33. The second-order valence-corrected chi connectivity index (χ2v) is 7.27. The van der Waals surface area contributed by atoms with Gasteiger partial charge >= 0.3 is 6.03 Å². The second-order valence-electron chi connectivity index (χ2n) is 7.27. The number of carbonyl (C=O) groups is 2. The lowest BCUT2D eigenvalue weighted by Crippen LogP contribution is -2.30. The molecular formula is C23H22FN3O2. The van der Waals surface area contributed by atoms with Gasteiger partial charge in [-0.2, -0.15) is 0 Å². The van der Waals surface area contributed by atoms with Gasteiger partial charge in [-0.1, -0.05) is 37.3 Å². The van der Waals surface area contributed by atoms with Crippen LogP contribution in [0, 0.1) is 5.82 Å². The van der Waals surface area contributed by atoms with Crippen molar-refractivity contribution in [2.75, 3.05) is 0 Å². The summed E-state index contributed by atoms with van der Waals surface area (Å²) >= 11 is 0. The van der Waals surface area contributed by atoms with E-state index < -0.39 is 6.03 Å². The Hall–Kier alpha value is -3.41. The summed E-state index contributed by atoms with van der Waals surface area (Å²) in [6.45, 7) is 4.37. The first-order valence-corrected chi connectivity index (χ1v) is 9.66. The number of hydrogen-bond donors (Lipinski definition) is 1. The van der Waals surface area contributed by atoms with Crippen molar-refractivity contribution in [1.29, 1.82) is 0 Å². The third kappa shape index (κ3) is 3.53. The number of urea groups is 1. The van der Waals surface area contributed by atoms with Gasteiger partial charge in [0.2, 0.25) is 0 Å². The molecule has 4 rings (SSSR count). The van der Waals surface area contributed by atoms with Crippen LogP contribution < -0.4 is 5.32 Å². The Kier molecular flexibility index (Phi) is 4.92. The Labute approximate surface area is 168 Å². The quantitative estimate of drug-likeness (QED) is 0.500. The van der Waals surface area contributed by atoms with Gasteiger partial charge in [0.15, 0.2) is 0 Å². The molecular weight excluding hydrogens is 369 g/mol. The lowest BCUT2D eigenvalue weighted by molar-refractivity contribution is -0.123. The maximum absolute atomic E-state index is 13.1. The fourth-order valence-corrected chi connectivity index (χ4v) is 3.55. The van der Waals surface area contributed by atoms with Gasteiger partial charge in [-0.3, -0.25) is 9.69 Å². The molecule has 0 bridgehead atoms.